The summed E-state index contributed by atoms with van der Waals surface area (Å²) in [5.74, 6) is 0.750. The van der Waals surface area contributed by atoms with Crippen molar-refractivity contribution in [3.63, 3.8) is 0 Å². The van der Waals surface area contributed by atoms with E-state index in [1.54, 1.807) is 16.9 Å². The summed E-state index contributed by atoms with van der Waals surface area (Å²) in [5.41, 5.74) is 3.82. The maximum Gasteiger partial charge on any atom is 0.305 e. The third-order valence-electron chi connectivity index (χ3n) is 8.61. The molecule has 1 fully saturated rings. The van der Waals surface area contributed by atoms with E-state index in [-0.39, 0.29) is 12.6 Å². The van der Waals surface area contributed by atoms with E-state index >= 15 is 4.39 Å². The molecule has 0 saturated heterocycles. The Labute approximate surface area is 296 Å². The van der Waals surface area contributed by atoms with Crippen molar-refractivity contribution < 1.29 is 32.9 Å². The number of rotatable bonds is 21. The number of aryl methyl sites for hydroxylation is 2. The lowest BCUT2D eigenvalue weighted by molar-refractivity contribution is -0.140. The van der Waals surface area contributed by atoms with Crippen LogP contribution in [0.1, 0.15) is 56.2 Å². The first-order chi connectivity index (χ1) is 24.4. The number of hydrogen-bond acceptors (Lipinski definition) is 11. The van der Waals surface area contributed by atoms with E-state index in [2.05, 4.69) is 35.3 Å². The van der Waals surface area contributed by atoms with Gasteiger partial charge in [0.1, 0.15) is 29.5 Å². The molecule has 3 aromatic heterocycles. The van der Waals surface area contributed by atoms with Gasteiger partial charge in [-0.2, -0.15) is 0 Å². The standard InChI is InChI=1S/C35H47ClFN7O6/c1-24-19-27(34-40-33-32(28(36)22-39-35(33)41-34)38-21-25-7-4-3-5-8-25)29(37)20-30(24)50-18-17-49-16-15-48-14-13-47-12-11-44-23-26(42-43-44)9-6-10-31(45)46-2/h19-20,22-23,25H,3-18,21H2,1-2H3,(H2,38,39,40,41). The average Bonchev–Trinajstić information content (AvgIpc) is 3.77. The number of ether oxygens (including phenoxy) is 5. The van der Waals surface area contributed by atoms with Crippen molar-refractivity contribution in [3.05, 3.63) is 46.6 Å². The fourth-order valence-electron chi connectivity index (χ4n) is 5.86. The molecular weight excluding hydrogens is 669 g/mol. The smallest absolute Gasteiger partial charge is 0.305 e. The minimum atomic E-state index is -0.456. The predicted octanol–water partition coefficient (Wildman–Crippen LogP) is 5.93. The maximum absolute atomic E-state index is 15.3. The molecule has 15 heteroatoms. The molecule has 0 amide bonds. The van der Waals surface area contributed by atoms with Crippen LogP contribution in [0.15, 0.2) is 24.5 Å². The Morgan fingerprint density at radius 3 is 2.56 bits per heavy atom. The van der Waals surface area contributed by atoms with E-state index in [0.717, 1.165) is 23.5 Å². The van der Waals surface area contributed by atoms with Crippen molar-refractivity contribution in [1.29, 1.82) is 0 Å². The number of benzene rings is 1. The van der Waals surface area contributed by atoms with E-state index in [1.165, 1.54) is 45.3 Å². The second kappa shape index (κ2) is 19.5. The SMILES string of the molecule is COC(=O)CCCc1cn(CCOCCOCCOCCOc2cc(F)c(-c3nc4ncc(Cl)c(NCC5CCCCC5)c4[nH]3)cc2C)nn1. The number of pyridine rings is 1. The van der Waals surface area contributed by atoms with Crippen LogP contribution < -0.4 is 10.1 Å². The van der Waals surface area contributed by atoms with E-state index in [1.807, 2.05) is 13.1 Å². The highest BCUT2D eigenvalue weighted by molar-refractivity contribution is 6.34. The van der Waals surface area contributed by atoms with Gasteiger partial charge >= 0.3 is 5.97 Å². The number of esters is 1. The molecule has 0 aliphatic heterocycles. The molecule has 2 N–H and O–H groups in total. The number of aromatic amines is 1. The van der Waals surface area contributed by atoms with Crippen molar-refractivity contribution in [3.8, 4) is 17.1 Å². The van der Waals surface area contributed by atoms with Gasteiger partial charge in [-0.25, -0.2) is 19.0 Å². The second-order valence-electron chi connectivity index (χ2n) is 12.3. The predicted molar refractivity (Wildman–Crippen MR) is 187 cm³/mol. The molecule has 1 saturated carbocycles. The first-order valence-electron chi connectivity index (χ1n) is 17.3. The molecule has 0 unspecified atom stereocenters. The molecular formula is C35H47ClFN7O6. The average molecular weight is 716 g/mol. The molecule has 4 aromatic rings. The first kappa shape index (κ1) is 37.4. The summed E-state index contributed by atoms with van der Waals surface area (Å²) >= 11 is 6.51. The Hall–Kier alpha value is -3.85. The number of anilines is 1. The van der Waals surface area contributed by atoms with Crippen LogP contribution in [0, 0.1) is 18.7 Å². The largest absolute Gasteiger partial charge is 0.491 e. The fraction of sp³-hybridized carbons (Fsp3) is 0.571. The van der Waals surface area contributed by atoms with Gasteiger partial charge in [0.2, 0.25) is 0 Å². The number of aromatic nitrogens is 6. The molecule has 1 aliphatic carbocycles. The lowest BCUT2D eigenvalue weighted by atomic mass is 9.89. The van der Waals surface area contributed by atoms with E-state index in [0.29, 0.717) is 105 Å². The molecule has 272 valence electrons. The summed E-state index contributed by atoms with van der Waals surface area (Å²) in [7, 11) is 1.38. The number of carbonyl (C=O) groups is 1. The van der Waals surface area contributed by atoms with Gasteiger partial charge in [0, 0.05) is 25.2 Å². The summed E-state index contributed by atoms with van der Waals surface area (Å²) in [6.07, 6.45) is 11.4. The molecule has 1 aromatic carbocycles. The Morgan fingerprint density at radius 1 is 1.06 bits per heavy atom. The van der Waals surface area contributed by atoms with Gasteiger partial charge in [-0.1, -0.05) is 36.1 Å². The van der Waals surface area contributed by atoms with Crippen LogP contribution in [0.4, 0.5) is 10.1 Å². The van der Waals surface area contributed by atoms with Gasteiger partial charge in [-0.3, -0.25) is 4.79 Å². The molecule has 13 nitrogen and oxygen atoms in total. The van der Waals surface area contributed by atoms with Crippen LogP contribution >= 0.6 is 11.6 Å². The van der Waals surface area contributed by atoms with Gasteiger partial charge in [-0.15, -0.1) is 5.10 Å². The normalized spacial score (nSPS) is 13.6. The molecule has 0 bridgehead atoms. The summed E-state index contributed by atoms with van der Waals surface area (Å²) in [6, 6.07) is 3.09. The summed E-state index contributed by atoms with van der Waals surface area (Å²) in [5, 5.41) is 12.2. The fourth-order valence-corrected chi connectivity index (χ4v) is 6.07. The van der Waals surface area contributed by atoms with Gasteiger partial charge in [0.05, 0.1) is 81.5 Å². The van der Waals surface area contributed by atoms with Crippen LogP contribution in [0.5, 0.6) is 5.75 Å². The summed E-state index contributed by atoms with van der Waals surface area (Å²) < 4.78 is 44.2. The third-order valence-corrected chi connectivity index (χ3v) is 8.89. The molecule has 3 heterocycles. The van der Waals surface area contributed by atoms with Crippen molar-refractivity contribution in [1.82, 2.24) is 29.9 Å². The number of hydrogen-bond donors (Lipinski definition) is 2. The van der Waals surface area contributed by atoms with Crippen molar-refractivity contribution in [2.45, 2.75) is 64.8 Å². The van der Waals surface area contributed by atoms with Gasteiger partial charge in [0.15, 0.2) is 5.65 Å². The number of imidazole rings is 1. The lowest BCUT2D eigenvalue weighted by Crippen LogP contribution is -2.17. The van der Waals surface area contributed by atoms with Crippen LogP contribution in [0.3, 0.4) is 0 Å². The Morgan fingerprint density at radius 2 is 1.80 bits per heavy atom. The van der Waals surface area contributed by atoms with Crippen LogP contribution in [-0.4, -0.2) is 95.8 Å². The summed E-state index contributed by atoms with van der Waals surface area (Å²) in [4.78, 5) is 23.4. The summed E-state index contributed by atoms with van der Waals surface area (Å²) in [6.45, 7) is 6.04. The maximum atomic E-state index is 15.3. The Kier molecular flexibility index (Phi) is 14.6. The highest BCUT2D eigenvalue weighted by Crippen LogP contribution is 2.34. The molecule has 0 atom stereocenters. The zero-order valence-electron chi connectivity index (χ0n) is 28.8. The number of carbonyl (C=O) groups excluding carboxylic acids is 1. The zero-order valence-corrected chi connectivity index (χ0v) is 29.6. The third kappa shape index (κ3) is 11.1. The highest BCUT2D eigenvalue weighted by Gasteiger charge is 2.19. The molecule has 1 aliphatic rings. The monoisotopic (exact) mass is 715 g/mol. The quantitative estimate of drug-likeness (QED) is 0.0781. The topological polar surface area (TPSA) is 148 Å². The first-order valence-corrected chi connectivity index (χ1v) is 17.7. The van der Waals surface area contributed by atoms with Crippen molar-refractivity contribution in [2.75, 3.05) is 65.2 Å². The Bertz CT molecular complexity index is 1660. The second-order valence-corrected chi connectivity index (χ2v) is 12.7. The van der Waals surface area contributed by atoms with E-state index in [4.69, 9.17) is 30.5 Å². The van der Waals surface area contributed by atoms with E-state index < -0.39 is 5.82 Å². The van der Waals surface area contributed by atoms with Crippen molar-refractivity contribution >= 4 is 34.4 Å². The lowest BCUT2D eigenvalue weighted by Gasteiger charge is -2.22. The Balaban J connectivity index is 0.959. The van der Waals surface area contributed by atoms with E-state index in [9.17, 15) is 4.79 Å². The number of halogens is 2. The minimum Gasteiger partial charge on any atom is -0.491 e. The number of H-pyrrole nitrogens is 1. The molecule has 0 spiro atoms. The van der Waals surface area contributed by atoms with Crippen LogP contribution in [0.25, 0.3) is 22.6 Å². The molecule has 5 rings (SSSR count). The van der Waals surface area contributed by atoms with Gasteiger partial charge < -0.3 is 34.0 Å². The van der Waals surface area contributed by atoms with Gasteiger partial charge in [0.25, 0.3) is 0 Å². The van der Waals surface area contributed by atoms with Crippen LogP contribution in [0.2, 0.25) is 5.02 Å². The zero-order chi connectivity index (χ0) is 35.1. The molecule has 50 heavy (non-hydrogen) atoms. The highest BCUT2D eigenvalue weighted by atomic mass is 35.5. The number of methoxy groups -OCH3 is 1. The van der Waals surface area contributed by atoms with Crippen LogP contribution in [-0.2, 0) is 36.7 Å². The number of nitrogens with zero attached hydrogens (tertiary/aromatic N) is 5. The van der Waals surface area contributed by atoms with Gasteiger partial charge in [-0.05, 0) is 50.2 Å². The molecule has 0 radical (unpaired) electrons. The number of nitrogens with one attached hydrogen (secondary N) is 2. The van der Waals surface area contributed by atoms with Crippen molar-refractivity contribution in [2.24, 2.45) is 5.92 Å². The number of fused-ring (bicyclic) bond motifs is 1. The minimum absolute atomic E-state index is 0.226.